The smallest absolute Gasteiger partial charge is 0.295 e. The summed E-state index contributed by atoms with van der Waals surface area (Å²) in [6.45, 7) is 4.33. The van der Waals surface area contributed by atoms with Gasteiger partial charge in [-0.1, -0.05) is 24.3 Å². The van der Waals surface area contributed by atoms with Crippen LogP contribution in [-0.2, 0) is 18.4 Å². The summed E-state index contributed by atoms with van der Waals surface area (Å²) in [7, 11) is 1.72. The van der Waals surface area contributed by atoms with E-state index in [-0.39, 0.29) is 18.0 Å². The van der Waals surface area contributed by atoms with E-state index >= 15 is 0 Å². The van der Waals surface area contributed by atoms with Gasteiger partial charge in [0.25, 0.3) is 0 Å². The first-order valence-electron chi connectivity index (χ1n) is 9.96. The largest absolute Gasteiger partial charge is 0.329 e. The summed E-state index contributed by atoms with van der Waals surface area (Å²) in [4.78, 5) is 25.3. The molecule has 6 nitrogen and oxygen atoms in total. The monoisotopic (exact) mass is 424 g/mol. The Bertz CT molecular complexity index is 1240. The van der Waals surface area contributed by atoms with E-state index in [4.69, 9.17) is 0 Å². The first-order valence-corrected chi connectivity index (χ1v) is 9.96. The van der Waals surface area contributed by atoms with Crippen molar-refractivity contribution in [1.29, 1.82) is 0 Å². The molecule has 1 aliphatic heterocycles. The van der Waals surface area contributed by atoms with Crippen molar-refractivity contribution in [1.82, 2.24) is 14.1 Å². The molecule has 2 aromatic carbocycles. The predicted octanol–water partition coefficient (Wildman–Crippen LogP) is 3.91. The lowest BCUT2D eigenvalue weighted by molar-refractivity contribution is -0.133. The van der Waals surface area contributed by atoms with Crippen LogP contribution in [0.5, 0.6) is 0 Å². The molecule has 0 aliphatic carbocycles. The van der Waals surface area contributed by atoms with E-state index in [1.165, 1.54) is 17.1 Å². The summed E-state index contributed by atoms with van der Waals surface area (Å²) in [6.07, 6.45) is 2.45. The van der Waals surface area contributed by atoms with Gasteiger partial charge in [0, 0.05) is 38.7 Å². The Balaban J connectivity index is 1.43. The number of imidazole rings is 1. The number of fused-ring (bicyclic) bond motifs is 1. The maximum absolute atomic E-state index is 13.6. The molecular formula is C23H22F2N4O2. The SMILES string of the molecule is C=C(CCC(=O)N1N=CCC1c1cc(F)cc(F)c1)Cn1c(=O)n(C)c2ccccc21. The average Bonchev–Trinajstić information content (AvgIpc) is 3.32. The molecule has 0 saturated carbocycles. The molecule has 1 aliphatic rings. The highest BCUT2D eigenvalue weighted by atomic mass is 19.1. The summed E-state index contributed by atoms with van der Waals surface area (Å²) >= 11 is 0. The molecule has 1 aromatic heterocycles. The highest BCUT2D eigenvalue weighted by Gasteiger charge is 2.28. The molecule has 1 amide bonds. The van der Waals surface area contributed by atoms with E-state index in [1.54, 1.807) is 22.4 Å². The number of hydrogen-bond acceptors (Lipinski definition) is 3. The van der Waals surface area contributed by atoms with Crippen LogP contribution in [0.1, 0.15) is 30.9 Å². The fraction of sp³-hybridized carbons (Fsp3) is 0.261. The molecule has 3 aromatic rings. The van der Waals surface area contributed by atoms with E-state index < -0.39 is 17.7 Å². The number of benzene rings is 2. The van der Waals surface area contributed by atoms with Crippen LogP contribution in [0.2, 0.25) is 0 Å². The minimum absolute atomic E-state index is 0.129. The van der Waals surface area contributed by atoms with Crippen molar-refractivity contribution in [2.45, 2.75) is 31.8 Å². The third-order valence-electron chi connectivity index (χ3n) is 5.48. The fourth-order valence-electron chi connectivity index (χ4n) is 3.92. The molecule has 160 valence electrons. The molecule has 4 rings (SSSR count). The van der Waals surface area contributed by atoms with E-state index in [1.807, 2.05) is 24.3 Å². The van der Waals surface area contributed by atoms with Crippen LogP contribution >= 0.6 is 0 Å². The second kappa shape index (κ2) is 8.29. The number of allylic oxidation sites excluding steroid dienone is 1. The van der Waals surface area contributed by atoms with Gasteiger partial charge >= 0.3 is 5.69 Å². The quantitative estimate of drug-likeness (QED) is 0.564. The van der Waals surface area contributed by atoms with Crippen molar-refractivity contribution < 1.29 is 13.6 Å². The Hall–Kier alpha value is -3.55. The number of halogens is 2. The van der Waals surface area contributed by atoms with E-state index in [2.05, 4.69) is 11.7 Å². The molecule has 0 fully saturated rings. The van der Waals surface area contributed by atoms with Gasteiger partial charge in [0.05, 0.1) is 17.1 Å². The van der Waals surface area contributed by atoms with Crippen LogP contribution in [0.3, 0.4) is 0 Å². The molecule has 0 radical (unpaired) electrons. The van der Waals surface area contributed by atoms with Crippen molar-refractivity contribution in [2.24, 2.45) is 12.1 Å². The number of para-hydroxylation sites is 2. The first kappa shape index (κ1) is 20.7. The summed E-state index contributed by atoms with van der Waals surface area (Å²) in [6, 6.07) is 10.2. The number of aromatic nitrogens is 2. The van der Waals surface area contributed by atoms with Crippen LogP contribution in [0.15, 0.2) is 64.5 Å². The number of nitrogens with zero attached hydrogens (tertiary/aromatic N) is 4. The van der Waals surface area contributed by atoms with Gasteiger partial charge in [0.15, 0.2) is 0 Å². The Labute approximate surface area is 177 Å². The number of amides is 1. The minimum atomic E-state index is -0.691. The van der Waals surface area contributed by atoms with Gasteiger partial charge in [-0.25, -0.2) is 18.6 Å². The van der Waals surface area contributed by atoms with Gasteiger partial charge in [0.2, 0.25) is 5.91 Å². The zero-order chi connectivity index (χ0) is 22.1. The normalized spacial score (nSPS) is 15.7. The Morgan fingerprint density at radius 1 is 1.13 bits per heavy atom. The Morgan fingerprint density at radius 3 is 2.52 bits per heavy atom. The second-order valence-corrected chi connectivity index (χ2v) is 7.66. The van der Waals surface area contributed by atoms with E-state index in [0.29, 0.717) is 24.9 Å². The van der Waals surface area contributed by atoms with Crippen LogP contribution in [0.25, 0.3) is 11.0 Å². The molecule has 2 heterocycles. The lowest BCUT2D eigenvalue weighted by Gasteiger charge is -2.22. The highest BCUT2D eigenvalue weighted by molar-refractivity contribution is 5.80. The maximum Gasteiger partial charge on any atom is 0.329 e. The first-order chi connectivity index (χ1) is 14.8. The zero-order valence-corrected chi connectivity index (χ0v) is 17.1. The average molecular weight is 424 g/mol. The lowest BCUT2D eigenvalue weighted by Crippen LogP contribution is -2.27. The number of aryl methyl sites for hydroxylation is 1. The summed E-state index contributed by atoms with van der Waals surface area (Å²) < 4.78 is 30.4. The maximum atomic E-state index is 13.6. The van der Waals surface area contributed by atoms with Gasteiger partial charge in [-0.05, 0) is 36.2 Å². The fourth-order valence-corrected chi connectivity index (χ4v) is 3.92. The summed E-state index contributed by atoms with van der Waals surface area (Å²) in [5, 5.41) is 5.37. The van der Waals surface area contributed by atoms with Crippen molar-refractivity contribution in [3.05, 3.63) is 82.3 Å². The number of carbonyl (C=O) groups is 1. The summed E-state index contributed by atoms with van der Waals surface area (Å²) in [5.74, 6) is -1.65. The molecule has 1 unspecified atom stereocenters. The topological polar surface area (TPSA) is 59.6 Å². The standard InChI is InChI=1S/C23H22F2N4O2/c1-15(14-28-21-6-4-3-5-20(21)27(2)23(28)31)7-8-22(30)29-19(9-10-26-29)16-11-17(24)13-18(25)12-16/h3-6,10-13,19H,1,7-9,14H2,2H3. The molecule has 0 N–H and O–H groups in total. The minimum Gasteiger partial charge on any atom is -0.295 e. The highest BCUT2D eigenvalue weighted by Crippen LogP contribution is 2.30. The van der Waals surface area contributed by atoms with Gasteiger partial charge in [0.1, 0.15) is 11.6 Å². The van der Waals surface area contributed by atoms with Crippen molar-refractivity contribution in [2.75, 3.05) is 0 Å². The molecule has 8 heteroatoms. The molecule has 0 bridgehead atoms. The Morgan fingerprint density at radius 2 is 1.81 bits per heavy atom. The molecule has 1 atom stereocenters. The third kappa shape index (κ3) is 4.05. The van der Waals surface area contributed by atoms with E-state index in [9.17, 15) is 18.4 Å². The number of hydrazone groups is 1. The van der Waals surface area contributed by atoms with Gasteiger partial charge in [-0.3, -0.25) is 13.9 Å². The van der Waals surface area contributed by atoms with E-state index in [0.717, 1.165) is 22.7 Å². The van der Waals surface area contributed by atoms with Gasteiger partial charge in [-0.2, -0.15) is 5.10 Å². The number of carbonyl (C=O) groups excluding carboxylic acids is 1. The van der Waals surface area contributed by atoms with Crippen molar-refractivity contribution in [3.8, 4) is 0 Å². The number of hydrogen-bond donors (Lipinski definition) is 0. The Kier molecular flexibility index (Phi) is 5.54. The molecule has 0 saturated heterocycles. The lowest BCUT2D eigenvalue weighted by atomic mass is 10.0. The second-order valence-electron chi connectivity index (χ2n) is 7.66. The summed E-state index contributed by atoms with van der Waals surface area (Å²) in [5.41, 5.74) is 2.58. The van der Waals surface area contributed by atoms with Gasteiger partial charge in [-0.15, -0.1) is 0 Å². The molecular weight excluding hydrogens is 402 g/mol. The van der Waals surface area contributed by atoms with Crippen molar-refractivity contribution >= 4 is 23.2 Å². The predicted molar refractivity (Wildman–Crippen MR) is 115 cm³/mol. The zero-order valence-electron chi connectivity index (χ0n) is 17.1. The van der Waals surface area contributed by atoms with Crippen LogP contribution in [0.4, 0.5) is 8.78 Å². The number of rotatable bonds is 6. The van der Waals surface area contributed by atoms with Gasteiger partial charge < -0.3 is 0 Å². The molecule has 0 spiro atoms. The van der Waals surface area contributed by atoms with Crippen LogP contribution in [0, 0.1) is 11.6 Å². The third-order valence-corrected chi connectivity index (χ3v) is 5.48. The van der Waals surface area contributed by atoms with Crippen molar-refractivity contribution in [3.63, 3.8) is 0 Å². The van der Waals surface area contributed by atoms with Crippen LogP contribution in [-0.4, -0.2) is 26.3 Å². The molecule has 31 heavy (non-hydrogen) atoms. The van der Waals surface area contributed by atoms with Crippen LogP contribution < -0.4 is 5.69 Å².